The third-order valence-electron chi connectivity index (χ3n) is 5.55. The molecule has 0 N–H and O–H groups in total. The van der Waals surface area contributed by atoms with Crippen LogP contribution in [-0.4, -0.2) is 30.0 Å². The third kappa shape index (κ3) is 4.18. The first-order chi connectivity index (χ1) is 11.6. The zero-order valence-corrected chi connectivity index (χ0v) is 15.6. The average molecular weight is 331 g/mol. The number of benzene rings is 1. The maximum atomic E-state index is 13.2. The van der Waals surface area contributed by atoms with Crippen molar-refractivity contribution in [3.05, 3.63) is 35.9 Å². The molecule has 2 unspecified atom stereocenters. The molecule has 2 atom stereocenters. The van der Waals surface area contributed by atoms with Gasteiger partial charge < -0.3 is 4.74 Å². The number of carbonyl (C=O) groups excluding carboxylic acids is 1. The van der Waals surface area contributed by atoms with E-state index in [1.54, 1.807) is 0 Å². The number of hydrogen-bond donors (Lipinski definition) is 0. The standard InChI is InChI=1S/C21H33NO2/c1-4-6-13-19-14-16-22(3)21(19,15-7-5-2)20(23)24-17-18-11-9-8-10-12-18/h8-12,19H,4-7,13-17H2,1-3H3. The normalized spacial score (nSPS) is 24.2. The SMILES string of the molecule is CCCCC1CCN(C)C1(CCCC)C(=O)OCc1ccccc1. The molecule has 3 nitrogen and oxygen atoms in total. The summed E-state index contributed by atoms with van der Waals surface area (Å²) in [4.78, 5) is 15.4. The van der Waals surface area contributed by atoms with Crippen LogP contribution in [0.4, 0.5) is 0 Å². The molecule has 1 fully saturated rings. The van der Waals surface area contributed by atoms with E-state index in [0.717, 1.165) is 44.2 Å². The van der Waals surface area contributed by atoms with Gasteiger partial charge in [0.15, 0.2) is 0 Å². The molecule has 1 aliphatic rings. The third-order valence-corrected chi connectivity index (χ3v) is 5.55. The monoisotopic (exact) mass is 331 g/mol. The van der Waals surface area contributed by atoms with Gasteiger partial charge in [0.25, 0.3) is 0 Å². The quantitative estimate of drug-likeness (QED) is 0.609. The van der Waals surface area contributed by atoms with Gasteiger partial charge in [0.05, 0.1) is 0 Å². The minimum absolute atomic E-state index is 0.0130. The van der Waals surface area contributed by atoms with Crippen molar-refractivity contribution in [3.63, 3.8) is 0 Å². The van der Waals surface area contributed by atoms with Crippen LogP contribution in [0.3, 0.4) is 0 Å². The van der Waals surface area contributed by atoms with E-state index in [9.17, 15) is 4.79 Å². The van der Waals surface area contributed by atoms with E-state index in [2.05, 4.69) is 25.8 Å². The zero-order chi connectivity index (χ0) is 17.4. The fourth-order valence-corrected chi connectivity index (χ4v) is 4.05. The van der Waals surface area contributed by atoms with Crippen molar-refractivity contribution in [1.29, 1.82) is 0 Å². The maximum absolute atomic E-state index is 13.2. The topological polar surface area (TPSA) is 29.5 Å². The largest absolute Gasteiger partial charge is 0.459 e. The molecule has 0 bridgehead atoms. The fourth-order valence-electron chi connectivity index (χ4n) is 4.05. The Balaban J connectivity index is 2.13. The fraction of sp³-hybridized carbons (Fsp3) is 0.667. The second kappa shape index (κ2) is 9.22. The number of rotatable bonds is 9. The van der Waals surface area contributed by atoms with E-state index >= 15 is 0 Å². The predicted molar refractivity (Wildman–Crippen MR) is 98.8 cm³/mol. The van der Waals surface area contributed by atoms with Crippen molar-refractivity contribution in [3.8, 4) is 0 Å². The highest BCUT2D eigenvalue weighted by Crippen LogP contribution is 2.42. The van der Waals surface area contributed by atoms with Crippen LogP contribution in [0, 0.1) is 5.92 Å². The Hall–Kier alpha value is -1.35. The molecule has 1 aromatic rings. The molecule has 1 aromatic carbocycles. The van der Waals surface area contributed by atoms with Gasteiger partial charge in [-0.25, -0.2) is 0 Å². The molecule has 2 rings (SSSR count). The van der Waals surface area contributed by atoms with Gasteiger partial charge in [0.2, 0.25) is 0 Å². The van der Waals surface area contributed by atoms with Crippen LogP contribution in [-0.2, 0) is 16.1 Å². The summed E-state index contributed by atoms with van der Waals surface area (Å²) in [6.07, 6.45) is 7.73. The maximum Gasteiger partial charge on any atom is 0.327 e. The molecule has 1 saturated heterocycles. The highest BCUT2D eigenvalue weighted by molar-refractivity contribution is 5.81. The Morgan fingerprint density at radius 3 is 2.58 bits per heavy atom. The van der Waals surface area contributed by atoms with Gasteiger partial charge in [-0.2, -0.15) is 0 Å². The molecule has 0 radical (unpaired) electrons. The van der Waals surface area contributed by atoms with Crippen molar-refractivity contribution < 1.29 is 9.53 Å². The van der Waals surface area contributed by atoms with Gasteiger partial charge in [-0.3, -0.25) is 9.69 Å². The molecule has 1 heterocycles. The first-order valence-corrected chi connectivity index (χ1v) is 9.57. The van der Waals surface area contributed by atoms with Crippen molar-refractivity contribution in [2.24, 2.45) is 5.92 Å². The van der Waals surface area contributed by atoms with E-state index in [4.69, 9.17) is 4.74 Å². The Bertz CT molecular complexity index is 502. The Morgan fingerprint density at radius 2 is 1.92 bits per heavy atom. The lowest BCUT2D eigenvalue weighted by atomic mass is 9.78. The van der Waals surface area contributed by atoms with Crippen LogP contribution in [0.5, 0.6) is 0 Å². The summed E-state index contributed by atoms with van der Waals surface area (Å²) in [7, 11) is 2.10. The van der Waals surface area contributed by atoms with Crippen LogP contribution in [0.15, 0.2) is 30.3 Å². The van der Waals surface area contributed by atoms with E-state index < -0.39 is 5.54 Å². The number of ether oxygens (including phenoxy) is 1. The summed E-state index contributed by atoms with van der Waals surface area (Å²) < 4.78 is 5.81. The smallest absolute Gasteiger partial charge is 0.327 e. The molecular formula is C21H33NO2. The summed E-state index contributed by atoms with van der Waals surface area (Å²) in [5.41, 5.74) is 0.641. The molecule has 0 aliphatic carbocycles. The lowest BCUT2D eigenvalue weighted by Crippen LogP contribution is -2.53. The van der Waals surface area contributed by atoms with Gasteiger partial charge >= 0.3 is 5.97 Å². The van der Waals surface area contributed by atoms with Gasteiger partial charge in [-0.1, -0.05) is 69.9 Å². The van der Waals surface area contributed by atoms with Crippen LogP contribution in [0.2, 0.25) is 0 Å². The number of likely N-dealkylation sites (N-methyl/N-ethyl adjacent to an activating group) is 1. The van der Waals surface area contributed by atoms with Gasteiger partial charge in [-0.05, 0) is 44.3 Å². The number of esters is 1. The number of nitrogens with zero attached hydrogens (tertiary/aromatic N) is 1. The summed E-state index contributed by atoms with van der Waals surface area (Å²) >= 11 is 0. The lowest BCUT2D eigenvalue weighted by Gasteiger charge is -2.38. The van der Waals surface area contributed by atoms with Crippen LogP contribution in [0.25, 0.3) is 0 Å². The van der Waals surface area contributed by atoms with Crippen LogP contribution >= 0.6 is 0 Å². The molecule has 0 saturated carbocycles. The molecule has 24 heavy (non-hydrogen) atoms. The molecule has 134 valence electrons. The van der Waals surface area contributed by atoms with Crippen molar-refractivity contribution in [2.75, 3.05) is 13.6 Å². The highest BCUT2D eigenvalue weighted by atomic mass is 16.5. The number of unbranched alkanes of at least 4 members (excludes halogenated alkanes) is 2. The summed E-state index contributed by atoms with van der Waals surface area (Å²) in [5.74, 6) is 0.415. The minimum Gasteiger partial charge on any atom is -0.459 e. The van der Waals surface area contributed by atoms with Gasteiger partial charge in [-0.15, -0.1) is 0 Å². The zero-order valence-electron chi connectivity index (χ0n) is 15.6. The Morgan fingerprint density at radius 1 is 1.21 bits per heavy atom. The number of hydrogen-bond acceptors (Lipinski definition) is 3. The minimum atomic E-state index is -0.417. The second-order valence-corrected chi connectivity index (χ2v) is 7.14. The summed E-state index contributed by atoms with van der Waals surface area (Å²) in [5, 5.41) is 0. The second-order valence-electron chi connectivity index (χ2n) is 7.14. The van der Waals surface area contributed by atoms with E-state index in [1.807, 2.05) is 30.3 Å². The Labute approximate surface area is 147 Å². The first kappa shape index (κ1) is 19.0. The van der Waals surface area contributed by atoms with Gasteiger partial charge in [0, 0.05) is 0 Å². The van der Waals surface area contributed by atoms with Crippen molar-refractivity contribution in [1.82, 2.24) is 4.90 Å². The molecule has 1 aliphatic heterocycles. The summed E-state index contributed by atoms with van der Waals surface area (Å²) in [6.45, 7) is 5.79. The number of likely N-dealkylation sites (tertiary alicyclic amines) is 1. The molecule has 0 amide bonds. The van der Waals surface area contributed by atoms with E-state index in [0.29, 0.717) is 12.5 Å². The number of carbonyl (C=O) groups is 1. The molecular weight excluding hydrogens is 298 g/mol. The van der Waals surface area contributed by atoms with Crippen LogP contribution in [0.1, 0.15) is 64.4 Å². The molecule has 0 spiro atoms. The highest BCUT2D eigenvalue weighted by Gasteiger charge is 2.52. The van der Waals surface area contributed by atoms with Crippen molar-refractivity contribution in [2.45, 2.75) is 70.9 Å². The van der Waals surface area contributed by atoms with Crippen LogP contribution < -0.4 is 0 Å². The van der Waals surface area contributed by atoms with Crippen molar-refractivity contribution >= 4 is 5.97 Å². The molecule has 3 heteroatoms. The van der Waals surface area contributed by atoms with E-state index in [1.165, 1.54) is 12.8 Å². The predicted octanol–water partition coefficient (Wildman–Crippen LogP) is 4.80. The average Bonchev–Trinajstić information content (AvgIpc) is 2.93. The van der Waals surface area contributed by atoms with Gasteiger partial charge in [0.1, 0.15) is 12.1 Å². The lowest BCUT2D eigenvalue weighted by molar-refractivity contribution is -0.160. The van der Waals surface area contributed by atoms with E-state index in [-0.39, 0.29) is 5.97 Å². The first-order valence-electron chi connectivity index (χ1n) is 9.57. The Kier molecular flexibility index (Phi) is 7.29. The summed E-state index contributed by atoms with van der Waals surface area (Å²) in [6, 6.07) is 9.99. The molecule has 0 aromatic heterocycles.